The minimum Gasteiger partial charge on any atom is -0.473 e. The molecule has 2 N–H and O–H groups in total. The van der Waals surface area contributed by atoms with Crippen LogP contribution in [0.2, 0.25) is 0 Å². The lowest BCUT2D eigenvalue weighted by atomic mass is 10.1. The van der Waals surface area contributed by atoms with Gasteiger partial charge >= 0.3 is 0 Å². The fraction of sp³-hybridized carbons (Fsp3) is 0.172. The largest absolute Gasteiger partial charge is 0.473 e. The lowest BCUT2D eigenvalue weighted by Gasteiger charge is -2.10. The van der Waals surface area contributed by atoms with E-state index < -0.39 is 12.1 Å². The van der Waals surface area contributed by atoms with Gasteiger partial charge in [-0.3, -0.25) is 0 Å². The third kappa shape index (κ3) is 5.21. The zero-order valence-corrected chi connectivity index (χ0v) is 20.3. The summed E-state index contributed by atoms with van der Waals surface area (Å²) < 4.78 is 36.7. The number of benzene rings is 3. The molecule has 0 spiro atoms. The summed E-state index contributed by atoms with van der Waals surface area (Å²) in [5.41, 5.74) is 4.62. The van der Waals surface area contributed by atoms with Gasteiger partial charge in [-0.15, -0.1) is 0 Å². The van der Waals surface area contributed by atoms with Crippen molar-refractivity contribution in [3.63, 3.8) is 0 Å². The summed E-state index contributed by atoms with van der Waals surface area (Å²) in [4.78, 5) is 9.03. The zero-order chi connectivity index (χ0) is 26.1. The third-order valence-corrected chi connectivity index (χ3v) is 6.30. The SMILES string of the molecule is Cc1ccc(COc2cccc(-c3ccc(Cc4nc5ccc(C(O)O)cc5n4C)c(F)c3)n2)c(F)c1. The van der Waals surface area contributed by atoms with Crippen LogP contribution in [-0.2, 0) is 20.1 Å². The van der Waals surface area contributed by atoms with Gasteiger partial charge in [0.1, 0.15) is 24.1 Å². The van der Waals surface area contributed by atoms with Gasteiger partial charge in [-0.05, 0) is 48.4 Å². The van der Waals surface area contributed by atoms with Gasteiger partial charge in [0.25, 0.3) is 0 Å². The highest BCUT2D eigenvalue weighted by atomic mass is 19.1. The second-order valence-corrected chi connectivity index (χ2v) is 8.94. The van der Waals surface area contributed by atoms with Gasteiger partial charge in [0.15, 0.2) is 6.29 Å². The molecular weight excluding hydrogens is 476 g/mol. The summed E-state index contributed by atoms with van der Waals surface area (Å²) in [7, 11) is 1.81. The highest BCUT2D eigenvalue weighted by Crippen LogP contribution is 2.26. The van der Waals surface area contributed by atoms with Gasteiger partial charge in [0.2, 0.25) is 5.88 Å². The van der Waals surface area contributed by atoms with Crippen molar-refractivity contribution in [2.24, 2.45) is 7.05 Å². The Morgan fingerprint density at radius 1 is 0.892 bits per heavy atom. The van der Waals surface area contributed by atoms with Crippen molar-refractivity contribution in [2.45, 2.75) is 26.2 Å². The fourth-order valence-electron chi connectivity index (χ4n) is 4.17. The van der Waals surface area contributed by atoms with E-state index in [0.29, 0.717) is 45.2 Å². The van der Waals surface area contributed by atoms with Crippen molar-refractivity contribution in [1.29, 1.82) is 0 Å². The van der Waals surface area contributed by atoms with E-state index in [4.69, 9.17) is 4.74 Å². The Labute approximate surface area is 212 Å². The van der Waals surface area contributed by atoms with E-state index in [0.717, 1.165) is 11.1 Å². The number of aliphatic hydroxyl groups is 2. The summed E-state index contributed by atoms with van der Waals surface area (Å²) >= 11 is 0. The molecule has 3 aromatic carbocycles. The summed E-state index contributed by atoms with van der Waals surface area (Å²) in [5, 5.41) is 18.9. The average molecular weight is 502 g/mol. The minimum absolute atomic E-state index is 0.0344. The average Bonchev–Trinajstić information content (AvgIpc) is 3.19. The molecule has 0 atom stereocenters. The highest BCUT2D eigenvalue weighted by Gasteiger charge is 2.14. The Hall–Kier alpha value is -4.14. The Morgan fingerprint density at radius 2 is 1.68 bits per heavy atom. The standard InChI is InChI=1S/C29H25F2N3O3/c1-17-6-7-21(22(30)12-17)16-37-28-5-3-4-24(33-28)19-9-8-18(23(31)13-19)15-27-32-25-11-10-20(29(35)36)14-26(25)34(27)2/h3-14,29,35-36H,15-16H2,1-2H3. The van der Waals surface area contributed by atoms with E-state index in [-0.39, 0.29) is 18.8 Å². The molecule has 0 unspecified atom stereocenters. The number of imidazole rings is 1. The van der Waals surface area contributed by atoms with Crippen LogP contribution in [0.3, 0.4) is 0 Å². The van der Waals surface area contributed by atoms with Crippen LogP contribution in [0.4, 0.5) is 8.78 Å². The molecule has 37 heavy (non-hydrogen) atoms. The molecule has 6 nitrogen and oxygen atoms in total. The summed E-state index contributed by atoms with van der Waals surface area (Å²) in [5.74, 6) is 0.226. The molecule has 0 saturated heterocycles. The maximum atomic E-state index is 15.1. The van der Waals surface area contributed by atoms with Crippen molar-refractivity contribution in [2.75, 3.05) is 0 Å². The first-order chi connectivity index (χ1) is 17.8. The zero-order valence-electron chi connectivity index (χ0n) is 20.3. The molecule has 0 aliphatic carbocycles. The van der Waals surface area contributed by atoms with Gasteiger partial charge in [-0.25, -0.2) is 18.7 Å². The number of hydrogen-bond donors (Lipinski definition) is 2. The fourth-order valence-corrected chi connectivity index (χ4v) is 4.17. The molecule has 0 aliphatic rings. The number of hydrogen-bond acceptors (Lipinski definition) is 5. The van der Waals surface area contributed by atoms with Crippen molar-refractivity contribution >= 4 is 11.0 Å². The molecule has 5 aromatic rings. The molecule has 0 radical (unpaired) electrons. The Bertz CT molecular complexity index is 1600. The molecule has 0 aliphatic heterocycles. The van der Waals surface area contributed by atoms with E-state index >= 15 is 4.39 Å². The second kappa shape index (κ2) is 10.1. The predicted molar refractivity (Wildman–Crippen MR) is 136 cm³/mol. The molecule has 0 saturated carbocycles. The lowest BCUT2D eigenvalue weighted by Crippen LogP contribution is -2.02. The Morgan fingerprint density at radius 3 is 2.43 bits per heavy atom. The van der Waals surface area contributed by atoms with Crippen molar-refractivity contribution in [1.82, 2.24) is 14.5 Å². The number of rotatable bonds is 7. The highest BCUT2D eigenvalue weighted by molar-refractivity contribution is 5.77. The molecule has 0 fully saturated rings. The van der Waals surface area contributed by atoms with E-state index in [1.807, 2.05) is 24.6 Å². The molecule has 188 valence electrons. The maximum Gasteiger partial charge on any atom is 0.214 e. The van der Waals surface area contributed by atoms with Crippen molar-refractivity contribution in [3.8, 4) is 17.1 Å². The third-order valence-electron chi connectivity index (χ3n) is 6.30. The Kier molecular flexibility index (Phi) is 6.69. The molecule has 2 heterocycles. The summed E-state index contributed by atoms with van der Waals surface area (Å²) in [6.45, 7) is 1.86. The molecule has 8 heteroatoms. The first kappa shape index (κ1) is 24.5. The van der Waals surface area contributed by atoms with Gasteiger partial charge in [-0.1, -0.05) is 36.4 Å². The van der Waals surface area contributed by atoms with Crippen LogP contribution in [0.1, 0.15) is 34.4 Å². The minimum atomic E-state index is -1.57. The number of aliphatic hydroxyl groups excluding tert-OH is 1. The predicted octanol–water partition coefficient (Wildman–Crippen LogP) is 5.37. The van der Waals surface area contributed by atoms with Crippen LogP contribution in [-0.4, -0.2) is 24.7 Å². The van der Waals surface area contributed by atoms with Gasteiger partial charge < -0.3 is 19.5 Å². The summed E-state index contributed by atoms with van der Waals surface area (Å²) in [6, 6.07) is 20.0. The molecule has 0 amide bonds. The molecular formula is C29H25F2N3O3. The van der Waals surface area contributed by atoms with Gasteiger partial charge in [0.05, 0.1) is 16.7 Å². The van der Waals surface area contributed by atoms with E-state index in [1.165, 1.54) is 12.1 Å². The topological polar surface area (TPSA) is 80.4 Å². The maximum absolute atomic E-state index is 15.1. The first-order valence-corrected chi connectivity index (χ1v) is 11.7. The normalized spacial score (nSPS) is 11.4. The van der Waals surface area contributed by atoms with Crippen LogP contribution >= 0.6 is 0 Å². The number of aromatic nitrogens is 3. The number of fused-ring (bicyclic) bond motifs is 1. The van der Waals surface area contributed by atoms with Crippen LogP contribution < -0.4 is 4.74 Å². The van der Waals surface area contributed by atoms with Gasteiger partial charge in [-0.2, -0.15) is 0 Å². The first-order valence-electron chi connectivity index (χ1n) is 11.7. The number of halogens is 2. The summed E-state index contributed by atoms with van der Waals surface area (Å²) in [6.07, 6.45) is -1.32. The number of aryl methyl sites for hydroxylation is 2. The van der Waals surface area contributed by atoms with E-state index in [1.54, 1.807) is 54.6 Å². The molecule has 2 aromatic heterocycles. The van der Waals surface area contributed by atoms with Crippen LogP contribution in [0.5, 0.6) is 5.88 Å². The van der Waals surface area contributed by atoms with Crippen LogP contribution in [0, 0.1) is 18.6 Å². The number of nitrogens with zero attached hydrogens (tertiary/aromatic N) is 3. The lowest BCUT2D eigenvalue weighted by molar-refractivity contribution is -0.0424. The van der Waals surface area contributed by atoms with Gasteiger partial charge in [0, 0.05) is 36.2 Å². The molecule has 0 bridgehead atoms. The quantitative estimate of drug-likeness (QED) is 0.293. The van der Waals surface area contributed by atoms with Crippen LogP contribution in [0.25, 0.3) is 22.3 Å². The van der Waals surface area contributed by atoms with E-state index in [9.17, 15) is 14.6 Å². The molecule has 5 rings (SSSR count). The van der Waals surface area contributed by atoms with Crippen molar-refractivity contribution < 1.29 is 23.7 Å². The monoisotopic (exact) mass is 501 g/mol. The van der Waals surface area contributed by atoms with E-state index in [2.05, 4.69) is 9.97 Å². The second-order valence-electron chi connectivity index (χ2n) is 8.94. The smallest absolute Gasteiger partial charge is 0.214 e. The van der Waals surface area contributed by atoms with Crippen molar-refractivity contribution in [3.05, 3.63) is 113 Å². The Balaban J connectivity index is 1.34. The number of pyridine rings is 1. The van der Waals surface area contributed by atoms with Crippen LogP contribution in [0.15, 0.2) is 72.8 Å². The number of ether oxygens (including phenoxy) is 1.